The third-order valence-corrected chi connectivity index (χ3v) is 26.5. The number of halogens is 2. The molecule has 6 rings (SSSR count). The molecule has 2 heterocycles. The monoisotopic (exact) mass is 1520 g/mol. The third-order valence-electron chi connectivity index (χ3n) is 17.4. The summed E-state index contributed by atoms with van der Waals surface area (Å²) >= 11 is 6.64. The van der Waals surface area contributed by atoms with Crippen LogP contribution in [0.1, 0.15) is 171 Å². The smallest absolute Gasteiger partial charge is 0.462 e. The van der Waals surface area contributed by atoms with E-state index in [1.165, 1.54) is 16.8 Å². The van der Waals surface area contributed by atoms with E-state index in [0.29, 0.717) is 30.3 Å². The van der Waals surface area contributed by atoms with Crippen LogP contribution in [0.25, 0.3) is 12.2 Å². The summed E-state index contributed by atoms with van der Waals surface area (Å²) in [6.07, 6.45) is 9.32. The van der Waals surface area contributed by atoms with Crippen LogP contribution in [0.4, 0.5) is 0 Å². The Kier molecular flexibility index (Phi) is 38.0. The first-order valence-electron chi connectivity index (χ1n) is 35.0. The second kappa shape index (κ2) is 41.1. The molecule has 4 aromatic rings. The Morgan fingerprint density at radius 2 is 1.05 bits per heavy atom. The summed E-state index contributed by atoms with van der Waals surface area (Å²) in [6.45, 7) is 57.1. The molecule has 0 aliphatic carbocycles. The van der Waals surface area contributed by atoms with Gasteiger partial charge >= 0.3 is 30.8 Å². The molecule has 2 fully saturated rings. The molecule has 0 radical (unpaired) electrons. The molecule has 98 heavy (non-hydrogen) atoms. The second-order valence-corrected chi connectivity index (χ2v) is 49.5. The van der Waals surface area contributed by atoms with Crippen molar-refractivity contribution >= 4 is 90.8 Å². The Balaban J connectivity index is 0.000000618. The van der Waals surface area contributed by atoms with Gasteiger partial charge in [0.1, 0.15) is 18.3 Å². The number of allylic oxidation sites excluding steroid dienone is 1. The first kappa shape index (κ1) is 90.6. The summed E-state index contributed by atoms with van der Waals surface area (Å²) in [5.74, 6) is 5.28. The van der Waals surface area contributed by atoms with Gasteiger partial charge in [0.15, 0.2) is 11.6 Å². The molecule has 4 aromatic carbocycles. The van der Waals surface area contributed by atoms with E-state index in [4.69, 9.17) is 32.8 Å². The number of esters is 2. The van der Waals surface area contributed by atoms with E-state index in [1.54, 1.807) is 0 Å². The van der Waals surface area contributed by atoms with Crippen molar-refractivity contribution in [1.29, 1.82) is 0 Å². The van der Waals surface area contributed by atoms with Crippen LogP contribution in [0.5, 0.6) is 0 Å². The van der Waals surface area contributed by atoms with Crippen LogP contribution in [-0.4, -0.2) is 115 Å². The molecule has 2 N–H and O–H groups in total. The molecule has 2 aliphatic heterocycles. The summed E-state index contributed by atoms with van der Waals surface area (Å²) in [6, 6.07) is 31.1. The van der Waals surface area contributed by atoms with Crippen molar-refractivity contribution in [2.45, 2.75) is 249 Å². The van der Waals surface area contributed by atoms with Crippen molar-refractivity contribution in [2.24, 2.45) is 29.6 Å². The molecule has 2 aliphatic rings. The maximum atomic E-state index is 13.3. The summed E-state index contributed by atoms with van der Waals surface area (Å²) in [5, 5.41) is 23.5. The van der Waals surface area contributed by atoms with E-state index in [-0.39, 0.29) is 78.5 Å². The number of aliphatic hydroxyl groups excluding tert-OH is 2. The van der Waals surface area contributed by atoms with E-state index in [0.717, 1.165) is 61.2 Å². The molecular formula is C81H123Br2LiO11Si3. The molecule has 0 spiro atoms. The molecule has 2 saturated heterocycles. The van der Waals surface area contributed by atoms with Gasteiger partial charge in [0.2, 0.25) is 0 Å². The van der Waals surface area contributed by atoms with Gasteiger partial charge in [0.25, 0.3) is 8.32 Å². The molecular weight excluding hydrogens is 1400 g/mol. The number of hydrogen-bond donors (Lipinski definition) is 2. The first-order valence-corrected chi connectivity index (χ1v) is 45.9. The summed E-state index contributed by atoms with van der Waals surface area (Å²) in [7, 11) is -5.39. The van der Waals surface area contributed by atoms with Crippen molar-refractivity contribution in [1.82, 2.24) is 0 Å². The fourth-order valence-electron chi connectivity index (χ4n) is 11.4. The van der Waals surface area contributed by atoms with Gasteiger partial charge in [-0.05, 0) is 163 Å². The standard InChI is InChI=1S/C46H64O6Si2.C24H38O5Si.C7H12Br2.C4H9.Li/c1-32-30-35(4)41(44(48)49-28-29-53(11,12)13)37(31-32)26-24-34(3)42-43(51-46(9,10)50-42)40(47)27-25-33(2)36(5)52-54(45(6,7)8,38-20-16-14-17-21-38)39-22-18-15-19-23-39;1-16-13-18(3)21(23(26)27-11-12-30(6,7)8)19(14-16)10-9-17(2)22-20(15-25)28-24(4,5)29-22;1-5(2)6(3)4-7(8)9;1-3-4-2;/h14-24,26,30-31,33-34,36,40,42-43,47H,28-29H2,1-13H3;9-10,13-14,17,20,22,25H,11-12,15H2,1-8H3;4-6H,1-3H3;1,3-4H2,2H3;/q;;;-1;+1/b26-24+;10-9+;;;/t33-,34?,36+,40?,42?,43?;;6-;;/m1.1../s1. The van der Waals surface area contributed by atoms with E-state index in [2.05, 4.69) is 207 Å². The zero-order chi connectivity index (χ0) is 73.6. The van der Waals surface area contributed by atoms with Crippen molar-refractivity contribution in [3.8, 4) is 11.8 Å². The summed E-state index contributed by atoms with van der Waals surface area (Å²) < 4.78 is 44.2. The van der Waals surface area contributed by atoms with Gasteiger partial charge in [-0.1, -0.05) is 246 Å². The fourth-order valence-corrected chi connectivity index (χ4v) is 18.4. The van der Waals surface area contributed by atoms with Crippen LogP contribution in [0.15, 0.2) is 107 Å². The molecule has 10 atom stereocenters. The molecule has 0 aromatic heterocycles. The number of carbonyl (C=O) groups excluding carboxylic acids is 2. The minimum Gasteiger partial charge on any atom is -0.462 e. The normalized spacial score (nSPS) is 19.3. The maximum absolute atomic E-state index is 13.3. The van der Waals surface area contributed by atoms with E-state index >= 15 is 0 Å². The van der Waals surface area contributed by atoms with Gasteiger partial charge in [0.05, 0.1) is 52.7 Å². The third kappa shape index (κ3) is 29.3. The molecule has 540 valence electrons. The van der Waals surface area contributed by atoms with Crippen molar-refractivity contribution in [3.05, 3.63) is 158 Å². The zero-order valence-electron chi connectivity index (χ0n) is 64.8. The Hall–Kier alpha value is -3.47. The molecule has 0 amide bonds. The Morgan fingerprint density at radius 1 is 0.653 bits per heavy atom. The van der Waals surface area contributed by atoms with Crippen LogP contribution in [0.2, 0.25) is 56.4 Å². The van der Waals surface area contributed by atoms with Crippen molar-refractivity contribution in [3.63, 3.8) is 0 Å². The van der Waals surface area contributed by atoms with Crippen LogP contribution >= 0.6 is 31.9 Å². The molecule has 17 heteroatoms. The van der Waals surface area contributed by atoms with Crippen molar-refractivity contribution in [2.75, 3.05) is 19.8 Å². The minimum atomic E-state index is -2.78. The topological polar surface area (TPSA) is 139 Å². The number of ether oxygens (including phenoxy) is 6. The van der Waals surface area contributed by atoms with Gasteiger partial charge in [-0.2, -0.15) is 6.42 Å². The number of rotatable bonds is 24. The average molecular weight is 1520 g/mol. The molecule has 0 saturated carbocycles. The molecule has 11 nitrogen and oxygen atoms in total. The number of aliphatic hydroxyl groups is 2. The van der Waals surface area contributed by atoms with E-state index < -0.39 is 54.4 Å². The Labute approximate surface area is 625 Å². The number of hydrogen-bond acceptors (Lipinski definition) is 11. The van der Waals surface area contributed by atoms with Crippen LogP contribution < -0.4 is 29.2 Å². The molecule has 0 bridgehead atoms. The van der Waals surface area contributed by atoms with Crippen LogP contribution in [0.3, 0.4) is 0 Å². The molecule has 7 unspecified atom stereocenters. The number of benzene rings is 4. The Bertz CT molecular complexity index is 3200. The number of aryl methyl sites for hydroxylation is 4. The largest absolute Gasteiger partial charge is 1.00 e. The average Bonchev–Trinajstić information content (AvgIpc) is 1.02. The van der Waals surface area contributed by atoms with Crippen molar-refractivity contribution < 1.29 is 71.5 Å². The summed E-state index contributed by atoms with van der Waals surface area (Å²) in [5.41, 5.74) is 6.78. The second-order valence-electron chi connectivity index (χ2n) is 31.2. The maximum Gasteiger partial charge on any atom is 1.00 e. The van der Waals surface area contributed by atoms with Crippen LogP contribution in [0, 0.1) is 76.0 Å². The first-order chi connectivity index (χ1) is 44.9. The number of carbonyl (C=O) groups is 2. The van der Waals surface area contributed by atoms with Gasteiger partial charge in [-0.15, -0.1) is 0 Å². The van der Waals surface area contributed by atoms with Gasteiger partial charge in [0, 0.05) is 33.9 Å². The predicted octanol–water partition coefficient (Wildman–Crippen LogP) is 16.4. The predicted molar refractivity (Wildman–Crippen MR) is 421 cm³/mol. The van der Waals surface area contributed by atoms with E-state index in [1.807, 2.05) is 130 Å². The van der Waals surface area contributed by atoms with Gasteiger partial charge < -0.3 is 50.0 Å². The fraction of sp³-hybridized carbons (Fsp3) is 0.568. The number of unbranched alkanes of at least 4 members (excludes halogenated alkanes) is 1. The minimum absolute atomic E-state index is 0. The van der Waals surface area contributed by atoms with E-state index in [9.17, 15) is 19.8 Å². The SMILES string of the molecule is CC(C)[C@H](C)C=C(Br)Br.Cc1cc(C)c(C(=O)OCC[Si](C)(C)C)c(/C=C/C(C)C2OC(C)(C)OC2C(O)C#C[C@@H](C)[C@H](C)O[Si](c2ccccc2)(c2ccccc2)C(C)(C)C)c1.Cc1cc(C)c(C(=O)OCC[Si](C)(C)C)c(/C=C/C(C)C2OC(C)(C)OC2CO)c1.[CH2-]CCC.[Li+]. The van der Waals surface area contributed by atoms with Crippen LogP contribution in [-0.2, 0) is 32.8 Å². The quantitative estimate of drug-likeness (QED) is 0.0300. The Morgan fingerprint density at radius 3 is 1.42 bits per heavy atom. The summed E-state index contributed by atoms with van der Waals surface area (Å²) in [4.78, 5) is 26.2. The zero-order valence-corrected chi connectivity index (χ0v) is 71.0. The van der Waals surface area contributed by atoms with Gasteiger partial charge in [-0.3, -0.25) is 0 Å². The van der Waals surface area contributed by atoms with Gasteiger partial charge in [-0.25, -0.2) is 9.59 Å².